The van der Waals surface area contributed by atoms with E-state index < -0.39 is 0 Å². The second-order valence-electron chi connectivity index (χ2n) is 4.45. The van der Waals surface area contributed by atoms with Crippen LogP contribution in [0.2, 0.25) is 0 Å². The van der Waals surface area contributed by atoms with Crippen LogP contribution in [0.4, 0.5) is 0 Å². The summed E-state index contributed by atoms with van der Waals surface area (Å²) in [5.74, 6) is -0.388. The maximum Gasteiger partial charge on any atom is 0.220 e. The van der Waals surface area contributed by atoms with Gasteiger partial charge < -0.3 is 5.73 Å². The third kappa shape index (κ3) is 2.94. The summed E-state index contributed by atoms with van der Waals surface area (Å²) in [6, 6.07) is 12.1. The third-order valence-electron chi connectivity index (χ3n) is 2.98. The van der Waals surface area contributed by atoms with Crippen LogP contribution in [0.3, 0.4) is 0 Å². The zero-order valence-corrected chi connectivity index (χ0v) is 10.3. The Balaban J connectivity index is 2.13. The lowest BCUT2D eigenvalue weighted by atomic mass is 9.98. The largest absolute Gasteiger partial charge is 0.369 e. The van der Waals surface area contributed by atoms with Crippen LogP contribution in [0, 0.1) is 5.92 Å². The summed E-state index contributed by atoms with van der Waals surface area (Å²) in [5.41, 5.74) is 8.59. The molecular weight excluding hydrogens is 224 g/mol. The van der Waals surface area contributed by atoms with Gasteiger partial charge in [0.1, 0.15) is 0 Å². The zero-order valence-electron chi connectivity index (χ0n) is 10.3. The molecule has 1 amide bonds. The monoisotopic (exact) mass is 240 g/mol. The highest BCUT2D eigenvalue weighted by molar-refractivity contribution is 5.76. The number of aromatic nitrogens is 1. The predicted octanol–water partition coefficient (Wildman–Crippen LogP) is 2.41. The van der Waals surface area contributed by atoms with Crippen molar-refractivity contribution in [1.29, 1.82) is 0 Å². The molecule has 2 N–H and O–H groups in total. The molecule has 0 bridgehead atoms. The van der Waals surface area contributed by atoms with Gasteiger partial charge in [0.2, 0.25) is 5.91 Å². The minimum atomic E-state index is -0.258. The lowest BCUT2D eigenvalue weighted by Gasteiger charge is -2.08. The van der Waals surface area contributed by atoms with E-state index in [1.165, 1.54) is 0 Å². The van der Waals surface area contributed by atoms with Crippen molar-refractivity contribution >= 4 is 5.91 Å². The predicted molar refractivity (Wildman–Crippen MR) is 71.7 cm³/mol. The molecule has 0 spiro atoms. The fourth-order valence-electron chi connectivity index (χ4n) is 1.82. The number of benzene rings is 1. The average molecular weight is 240 g/mol. The molecule has 0 aliphatic carbocycles. The number of nitrogens with zero attached hydrogens (tertiary/aromatic N) is 1. The first-order chi connectivity index (χ1) is 8.66. The molecule has 1 aromatic heterocycles. The molecule has 0 fully saturated rings. The van der Waals surface area contributed by atoms with Crippen LogP contribution >= 0.6 is 0 Å². The number of nitrogens with two attached hydrogens (primary N) is 1. The molecule has 0 aliphatic rings. The van der Waals surface area contributed by atoms with Crippen molar-refractivity contribution in [3.8, 4) is 11.1 Å². The number of hydrogen-bond acceptors (Lipinski definition) is 2. The Morgan fingerprint density at radius 2 is 1.94 bits per heavy atom. The van der Waals surface area contributed by atoms with E-state index in [-0.39, 0.29) is 11.8 Å². The lowest BCUT2D eigenvalue weighted by molar-refractivity contribution is -0.121. The second-order valence-corrected chi connectivity index (χ2v) is 4.45. The van der Waals surface area contributed by atoms with Gasteiger partial charge in [-0.1, -0.05) is 37.3 Å². The van der Waals surface area contributed by atoms with Gasteiger partial charge in [0.15, 0.2) is 0 Å². The quantitative estimate of drug-likeness (QED) is 0.892. The minimum Gasteiger partial charge on any atom is -0.369 e. The topological polar surface area (TPSA) is 56.0 Å². The van der Waals surface area contributed by atoms with Gasteiger partial charge in [0.05, 0.1) is 0 Å². The summed E-state index contributed by atoms with van der Waals surface area (Å²) < 4.78 is 0. The zero-order chi connectivity index (χ0) is 13.0. The fourth-order valence-corrected chi connectivity index (χ4v) is 1.82. The van der Waals surface area contributed by atoms with Gasteiger partial charge in [0, 0.05) is 18.3 Å². The van der Waals surface area contributed by atoms with Crippen molar-refractivity contribution in [3.63, 3.8) is 0 Å². The summed E-state index contributed by atoms with van der Waals surface area (Å²) in [4.78, 5) is 15.1. The molecule has 0 saturated heterocycles. The molecule has 0 radical (unpaired) electrons. The minimum absolute atomic E-state index is 0.130. The molecular formula is C15H16N2O. The molecule has 92 valence electrons. The summed E-state index contributed by atoms with van der Waals surface area (Å²) in [7, 11) is 0. The first-order valence-electron chi connectivity index (χ1n) is 5.95. The molecule has 2 aromatic rings. The molecule has 0 saturated carbocycles. The Labute approximate surface area is 107 Å². The van der Waals surface area contributed by atoms with Gasteiger partial charge in [-0.05, 0) is 29.2 Å². The van der Waals surface area contributed by atoms with E-state index in [0.717, 1.165) is 16.7 Å². The van der Waals surface area contributed by atoms with E-state index in [4.69, 9.17) is 5.73 Å². The number of hydrogen-bond donors (Lipinski definition) is 1. The smallest absolute Gasteiger partial charge is 0.220 e. The van der Waals surface area contributed by atoms with Gasteiger partial charge in [-0.3, -0.25) is 9.78 Å². The molecule has 18 heavy (non-hydrogen) atoms. The first kappa shape index (κ1) is 12.3. The average Bonchev–Trinajstić information content (AvgIpc) is 2.40. The standard InChI is InChI=1S/C15H16N2O/c1-11(15(16)18)9-12-4-6-13(7-5-12)14-3-2-8-17-10-14/h2-8,10-11H,9H2,1H3,(H2,16,18)/t11-/m1/s1. The summed E-state index contributed by atoms with van der Waals surface area (Å²) in [6.45, 7) is 1.84. The number of amides is 1. The number of carbonyl (C=O) groups is 1. The van der Waals surface area contributed by atoms with Crippen molar-refractivity contribution in [2.24, 2.45) is 11.7 Å². The number of pyridine rings is 1. The Kier molecular flexibility index (Phi) is 3.72. The molecule has 1 heterocycles. The maximum atomic E-state index is 11.0. The van der Waals surface area contributed by atoms with Crippen LogP contribution in [-0.2, 0) is 11.2 Å². The molecule has 1 aromatic carbocycles. The van der Waals surface area contributed by atoms with Crippen molar-refractivity contribution in [1.82, 2.24) is 4.98 Å². The van der Waals surface area contributed by atoms with Crippen LogP contribution in [-0.4, -0.2) is 10.9 Å². The summed E-state index contributed by atoms with van der Waals surface area (Å²) >= 11 is 0. The van der Waals surface area contributed by atoms with E-state index in [2.05, 4.69) is 4.98 Å². The van der Waals surface area contributed by atoms with E-state index in [1.54, 1.807) is 6.20 Å². The second kappa shape index (κ2) is 5.45. The normalized spacial score (nSPS) is 12.1. The number of primary amides is 1. The first-order valence-corrected chi connectivity index (χ1v) is 5.95. The van der Waals surface area contributed by atoms with Gasteiger partial charge in [-0.2, -0.15) is 0 Å². The van der Waals surface area contributed by atoms with Gasteiger partial charge in [0.25, 0.3) is 0 Å². The molecule has 2 rings (SSSR count). The highest BCUT2D eigenvalue weighted by atomic mass is 16.1. The van der Waals surface area contributed by atoms with Crippen molar-refractivity contribution in [2.75, 3.05) is 0 Å². The molecule has 1 atom stereocenters. The van der Waals surface area contributed by atoms with E-state index in [0.29, 0.717) is 6.42 Å². The Morgan fingerprint density at radius 3 is 2.50 bits per heavy atom. The highest BCUT2D eigenvalue weighted by Crippen LogP contribution is 2.19. The molecule has 3 nitrogen and oxygen atoms in total. The van der Waals surface area contributed by atoms with Crippen LogP contribution in [0.25, 0.3) is 11.1 Å². The van der Waals surface area contributed by atoms with Crippen molar-refractivity contribution in [3.05, 3.63) is 54.4 Å². The SMILES string of the molecule is C[C@H](Cc1ccc(-c2cccnc2)cc1)C(N)=O. The maximum absolute atomic E-state index is 11.0. The molecule has 0 unspecified atom stereocenters. The summed E-state index contributed by atoms with van der Waals surface area (Å²) in [5, 5.41) is 0. The van der Waals surface area contributed by atoms with Crippen LogP contribution in [0.1, 0.15) is 12.5 Å². The summed E-state index contributed by atoms with van der Waals surface area (Å²) in [6.07, 6.45) is 4.27. The molecule has 0 aliphatic heterocycles. The number of carbonyl (C=O) groups excluding carboxylic acids is 1. The third-order valence-corrected chi connectivity index (χ3v) is 2.98. The Morgan fingerprint density at radius 1 is 1.22 bits per heavy atom. The van der Waals surface area contributed by atoms with E-state index >= 15 is 0 Å². The Hall–Kier alpha value is -2.16. The van der Waals surface area contributed by atoms with Gasteiger partial charge in [-0.15, -0.1) is 0 Å². The van der Waals surface area contributed by atoms with Crippen LogP contribution < -0.4 is 5.73 Å². The van der Waals surface area contributed by atoms with Crippen molar-refractivity contribution < 1.29 is 4.79 Å². The van der Waals surface area contributed by atoms with E-state index in [9.17, 15) is 4.79 Å². The fraction of sp³-hybridized carbons (Fsp3) is 0.200. The van der Waals surface area contributed by atoms with Gasteiger partial charge in [-0.25, -0.2) is 0 Å². The lowest BCUT2D eigenvalue weighted by Crippen LogP contribution is -2.22. The van der Waals surface area contributed by atoms with Gasteiger partial charge >= 0.3 is 0 Å². The molecule has 3 heteroatoms. The highest BCUT2D eigenvalue weighted by Gasteiger charge is 2.09. The van der Waals surface area contributed by atoms with Crippen LogP contribution in [0.15, 0.2) is 48.8 Å². The number of rotatable bonds is 4. The van der Waals surface area contributed by atoms with Crippen LogP contribution in [0.5, 0.6) is 0 Å². The van der Waals surface area contributed by atoms with E-state index in [1.807, 2.05) is 49.5 Å². The van der Waals surface area contributed by atoms with Crippen molar-refractivity contribution in [2.45, 2.75) is 13.3 Å². The Bertz CT molecular complexity index is 520.